The van der Waals surface area contributed by atoms with Crippen molar-refractivity contribution in [3.8, 4) is 0 Å². The minimum Gasteiger partial charge on any atom is -0.0912 e. The van der Waals surface area contributed by atoms with Crippen molar-refractivity contribution in [3.63, 3.8) is 0 Å². The van der Waals surface area contributed by atoms with Crippen molar-refractivity contribution >= 4 is 12.7 Å². The Morgan fingerprint density at radius 3 is 2.73 bits per heavy atom. The summed E-state index contributed by atoms with van der Waals surface area (Å²) in [6.45, 7) is 8.14. The lowest BCUT2D eigenvalue weighted by Gasteiger charge is -1.94. The van der Waals surface area contributed by atoms with Gasteiger partial charge in [0.25, 0.3) is 0 Å². The Bertz CT molecular complexity index is 334. The fourth-order valence-electron chi connectivity index (χ4n) is 1.13. The van der Waals surface area contributed by atoms with Crippen molar-refractivity contribution in [2.45, 2.75) is 20.3 Å². The summed E-state index contributed by atoms with van der Waals surface area (Å²) in [6, 6.07) is 6.41. The second-order valence-electron chi connectivity index (χ2n) is 2.68. The number of rotatable bonds is 1. The largest absolute Gasteiger partial charge is 0.0912 e. The molecule has 0 nitrogen and oxygen atoms in total. The average molecular weight is 146 g/mol. The number of hydrogen-bond acceptors (Lipinski definition) is 0. The molecule has 0 radical (unpaired) electrons. The fourth-order valence-corrected chi connectivity index (χ4v) is 1.13. The molecular weight excluding hydrogens is 132 g/mol. The van der Waals surface area contributed by atoms with Gasteiger partial charge >= 0.3 is 0 Å². The maximum atomic E-state index is 3.94. The van der Waals surface area contributed by atoms with Crippen LogP contribution in [0.25, 0.3) is 12.7 Å². The average Bonchev–Trinajstić information content (AvgIpc) is 2.05. The Morgan fingerprint density at radius 2 is 2.18 bits per heavy atom. The van der Waals surface area contributed by atoms with E-state index in [1.54, 1.807) is 0 Å². The molecule has 0 saturated carbocycles. The smallest absolute Gasteiger partial charge is 0.0230 e. The van der Waals surface area contributed by atoms with Crippen LogP contribution in [0.1, 0.15) is 19.4 Å². The molecule has 1 aromatic rings. The van der Waals surface area contributed by atoms with Crippen molar-refractivity contribution in [1.82, 2.24) is 0 Å². The molecule has 11 heavy (non-hydrogen) atoms. The Morgan fingerprint density at radius 1 is 1.45 bits per heavy atom. The molecule has 0 heterocycles. The zero-order chi connectivity index (χ0) is 8.27. The van der Waals surface area contributed by atoms with Gasteiger partial charge in [-0.25, -0.2) is 0 Å². The minimum atomic E-state index is 1.10. The van der Waals surface area contributed by atoms with Crippen molar-refractivity contribution < 1.29 is 0 Å². The van der Waals surface area contributed by atoms with Gasteiger partial charge in [0.15, 0.2) is 0 Å². The Balaban J connectivity index is 3.36. The van der Waals surface area contributed by atoms with Crippen LogP contribution in [-0.2, 0) is 6.42 Å². The summed E-state index contributed by atoms with van der Waals surface area (Å²) >= 11 is 0. The third-order valence-corrected chi connectivity index (χ3v) is 1.93. The van der Waals surface area contributed by atoms with Crippen molar-refractivity contribution in [2.75, 3.05) is 0 Å². The summed E-state index contributed by atoms with van der Waals surface area (Å²) in [5.74, 6) is 0. The first kappa shape index (κ1) is 8.06. The van der Waals surface area contributed by atoms with Crippen LogP contribution in [0.4, 0.5) is 0 Å². The van der Waals surface area contributed by atoms with Crippen molar-refractivity contribution in [1.29, 1.82) is 0 Å². The molecular formula is C11H14. The highest BCUT2D eigenvalue weighted by atomic mass is 13.9. The van der Waals surface area contributed by atoms with Gasteiger partial charge in [-0.15, -0.1) is 0 Å². The first-order chi connectivity index (χ1) is 5.27. The van der Waals surface area contributed by atoms with Crippen LogP contribution in [0.15, 0.2) is 18.2 Å². The zero-order valence-corrected chi connectivity index (χ0v) is 7.22. The van der Waals surface area contributed by atoms with E-state index in [4.69, 9.17) is 0 Å². The van der Waals surface area contributed by atoms with E-state index in [0.29, 0.717) is 0 Å². The van der Waals surface area contributed by atoms with Gasteiger partial charge in [-0.3, -0.25) is 0 Å². The molecule has 0 fully saturated rings. The van der Waals surface area contributed by atoms with Gasteiger partial charge in [0.05, 0.1) is 0 Å². The standard InChI is InChI=1S/C11H14/c1-4-10-7-6-9(3)11(5-2)8-10/h5-8H,3-4H2,1-2H3/b11-5-. The van der Waals surface area contributed by atoms with E-state index in [-0.39, 0.29) is 0 Å². The van der Waals surface area contributed by atoms with E-state index in [0.717, 1.165) is 11.6 Å². The molecule has 0 saturated heterocycles. The van der Waals surface area contributed by atoms with Gasteiger partial charge in [0.1, 0.15) is 0 Å². The summed E-state index contributed by atoms with van der Waals surface area (Å²) in [5.41, 5.74) is 1.38. The van der Waals surface area contributed by atoms with Crippen LogP contribution in [0.5, 0.6) is 0 Å². The van der Waals surface area contributed by atoms with E-state index in [2.05, 4.69) is 37.8 Å². The number of benzene rings is 1. The maximum absolute atomic E-state index is 3.94. The second kappa shape index (κ2) is 3.38. The third kappa shape index (κ3) is 1.70. The highest BCUT2D eigenvalue weighted by molar-refractivity contribution is 5.28. The number of aryl methyl sites for hydroxylation is 1. The van der Waals surface area contributed by atoms with E-state index < -0.39 is 0 Å². The molecule has 0 aromatic heterocycles. The molecule has 0 spiro atoms. The zero-order valence-electron chi connectivity index (χ0n) is 7.22. The fraction of sp³-hybridized carbons (Fsp3) is 0.273. The SMILES string of the molecule is C=c1ccc(CC)c/c1=C/C. The van der Waals surface area contributed by atoms with Crippen LogP contribution in [-0.4, -0.2) is 0 Å². The molecule has 58 valence electrons. The van der Waals surface area contributed by atoms with Gasteiger partial charge in [-0.2, -0.15) is 0 Å². The van der Waals surface area contributed by atoms with Gasteiger partial charge in [0.2, 0.25) is 0 Å². The van der Waals surface area contributed by atoms with E-state index in [1.165, 1.54) is 10.8 Å². The molecule has 1 aromatic carbocycles. The monoisotopic (exact) mass is 146 g/mol. The molecule has 0 aliphatic rings. The lowest BCUT2D eigenvalue weighted by Crippen LogP contribution is -2.22. The first-order valence-electron chi connectivity index (χ1n) is 4.02. The molecule has 0 atom stereocenters. The predicted molar refractivity (Wildman–Crippen MR) is 50.7 cm³/mol. The van der Waals surface area contributed by atoms with Crippen molar-refractivity contribution in [2.24, 2.45) is 0 Å². The summed E-state index contributed by atoms with van der Waals surface area (Å²) in [5, 5.41) is 2.37. The summed E-state index contributed by atoms with van der Waals surface area (Å²) < 4.78 is 0. The van der Waals surface area contributed by atoms with Crippen LogP contribution < -0.4 is 10.4 Å². The van der Waals surface area contributed by atoms with E-state index in [9.17, 15) is 0 Å². The van der Waals surface area contributed by atoms with Gasteiger partial charge < -0.3 is 0 Å². The summed E-state index contributed by atoms with van der Waals surface area (Å²) in [4.78, 5) is 0. The second-order valence-corrected chi connectivity index (χ2v) is 2.68. The van der Waals surface area contributed by atoms with Crippen LogP contribution in [0.3, 0.4) is 0 Å². The quantitative estimate of drug-likeness (QED) is 0.562. The van der Waals surface area contributed by atoms with Crippen LogP contribution in [0, 0.1) is 0 Å². The minimum absolute atomic E-state index is 1.10. The van der Waals surface area contributed by atoms with Gasteiger partial charge in [-0.1, -0.05) is 37.8 Å². The Hall–Kier alpha value is -1.04. The maximum Gasteiger partial charge on any atom is -0.0230 e. The summed E-state index contributed by atoms with van der Waals surface area (Å²) in [7, 11) is 0. The third-order valence-electron chi connectivity index (χ3n) is 1.93. The molecule has 0 heteroatoms. The van der Waals surface area contributed by atoms with E-state index >= 15 is 0 Å². The molecule has 0 aliphatic heterocycles. The molecule has 0 aliphatic carbocycles. The van der Waals surface area contributed by atoms with Gasteiger partial charge in [0, 0.05) is 0 Å². The van der Waals surface area contributed by atoms with Gasteiger partial charge in [-0.05, 0) is 29.3 Å². The Kier molecular flexibility index (Phi) is 2.48. The van der Waals surface area contributed by atoms with Crippen LogP contribution >= 0.6 is 0 Å². The van der Waals surface area contributed by atoms with Crippen molar-refractivity contribution in [3.05, 3.63) is 34.2 Å². The molecule has 1 rings (SSSR count). The molecule has 0 amide bonds. The molecule has 0 bridgehead atoms. The lowest BCUT2D eigenvalue weighted by atomic mass is 10.1. The Labute approximate surface area is 67.9 Å². The number of hydrogen-bond donors (Lipinski definition) is 0. The summed E-state index contributed by atoms with van der Waals surface area (Å²) in [6.07, 6.45) is 3.20. The topological polar surface area (TPSA) is 0 Å². The predicted octanol–water partition coefficient (Wildman–Crippen LogP) is 1.46. The highest BCUT2D eigenvalue weighted by Gasteiger charge is 1.86. The normalized spacial score (nSPS) is 12.0. The molecule has 0 N–H and O–H groups in total. The van der Waals surface area contributed by atoms with Crippen LogP contribution in [0.2, 0.25) is 0 Å². The van der Waals surface area contributed by atoms with E-state index in [1.807, 2.05) is 6.92 Å². The first-order valence-corrected chi connectivity index (χ1v) is 4.02. The molecule has 0 unspecified atom stereocenters. The highest BCUT2D eigenvalue weighted by Crippen LogP contribution is 1.91. The lowest BCUT2D eigenvalue weighted by molar-refractivity contribution is 1.13.